The van der Waals surface area contributed by atoms with Crippen molar-refractivity contribution in [2.45, 2.75) is 12.8 Å². The van der Waals surface area contributed by atoms with Gasteiger partial charge in [0.15, 0.2) is 0 Å². The molecule has 0 heterocycles. The van der Waals surface area contributed by atoms with Crippen LogP contribution in [0.25, 0.3) is 0 Å². The van der Waals surface area contributed by atoms with Crippen LogP contribution in [0.3, 0.4) is 0 Å². The Labute approximate surface area is 115 Å². The van der Waals surface area contributed by atoms with Gasteiger partial charge in [0, 0.05) is 11.9 Å². The maximum atomic E-state index is 13.3. The van der Waals surface area contributed by atoms with E-state index in [1.54, 1.807) is 6.07 Å². The van der Waals surface area contributed by atoms with E-state index in [2.05, 4.69) is 0 Å². The average molecular weight is 285 g/mol. The van der Waals surface area contributed by atoms with E-state index in [1.807, 2.05) is 25.1 Å². The van der Waals surface area contributed by atoms with Gasteiger partial charge in [-0.2, -0.15) is 0 Å². The molecular weight excluding hydrogens is 274 g/mol. The van der Waals surface area contributed by atoms with Crippen molar-refractivity contribution >= 4 is 23.2 Å². The van der Waals surface area contributed by atoms with Crippen molar-refractivity contribution in [1.82, 2.24) is 0 Å². The van der Waals surface area contributed by atoms with Gasteiger partial charge in [-0.25, -0.2) is 4.39 Å². The molecule has 0 spiro atoms. The Morgan fingerprint density at radius 1 is 1.17 bits per heavy atom. The number of alkyl halides is 1. The minimum Gasteiger partial charge on any atom is -0.457 e. The molecule has 4 heteroatoms. The van der Waals surface area contributed by atoms with Gasteiger partial charge in [-0.05, 0) is 36.2 Å². The predicted molar refractivity (Wildman–Crippen MR) is 72.2 cm³/mol. The predicted octanol–water partition coefficient (Wildman–Crippen LogP) is 5.32. The highest BCUT2D eigenvalue weighted by Crippen LogP contribution is 2.28. The summed E-state index contributed by atoms with van der Waals surface area (Å²) in [5.41, 5.74) is 1.91. The molecule has 0 saturated carbocycles. The lowest BCUT2D eigenvalue weighted by Crippen LogP contribution is -1.90. The molecule has 0 unspecified atom stereocenters. The smallest absolute Gasteiger partial charge is 0.145 e. The third-order valence-electron chi connectivity index (χ3n) is 2.53. The lowest BCUT2D eigenvalue weighted by atomic mass is 10.1. The van der Waals surface area contributed by atoms with Crippen LogP contribution in [0.5, 0.6) is 11.5 Å². The fourth-order valence-corrected chi connectivity index (χ4v) is 1.79. The second-order valence-electron chi connectivity index (χ2n) is 3.91. The molecule has 0 bridgehead atoms. The number of halogens is 3. The fraction of sp³-hybridized carbons (Fsp3) is 0.143. The van der Waals surface area contributed by atoms with Crippen molar-refractivity contribution in [3.8, 4) is 11.5 Å². The molecule has 0 aliphatic heterocycles. The highest BCUT2D eigenvalue weighted by Gasteiger charge is 2.06. The molecule has 0 aliphatic rings. The summed E-state index contributed by atoms with van der Waals surface area (Å²) >= 11 is 11.4. The first-order valence-corrected chi connectivity index (χ1v) is 6.30. The first-order valence-electron chi connectivity index (χ1n) is 5.38. The summed E-state index contributed by atoms with van der Waals surface area (Å²) in [5, 5.41) is 0.0774. The fourth-order valence-electron chi connectivity index (χ4n) is 1.50. The molecule has 0 amide bonds. The van der Waals surface area contributed by atoms with Gasteiger partial charge >= 0.3 is 0 Å². The molecule has 0 fully saturated rings. The molecule has 0 N–H and O–H groups in total. The van der Waals surface area contributed by atoms with Gasteiger partial charge in [0.2, 0.25) is 0 Å². The van der Waals surface area contributed by atoms with Crippen LogP contribution in [-0.2, 0) is 5.88 Å². The van der Waals surface area contributed by atoms with Crippen molar-refractivity contribution < 1.29 is 9.13 Å². The van der Waals surface area contributed by atoms with Crippen LogP contribution < -0.4 is 4.74 Å². The minimum absolute atomic E-state index is 0.0774. The minimum atomic E-state index is -0.500. The van der Waals surface area contributed by atoms with Crippen LogP contribution in [0.2, 0.25) is 5.02 Å². The first kappa shape index (κ1) is 13.2. The summed E-state index contributed by atoms with van der Waals surface area (Å²) in [7, 11) is 0. The zero-order chi connectivity index (χ0) is 13.1. The Hall–Kier alpha value is -1.25. The van der Waals surface area contributed by atoms with E-state index in [9.17, 15) is 4.39 Å². The lowest BCUT2D eigenvalue weighted by molar-refractivity contribution is 0.473. The number of aryl methyl sites for hydroxylation is 1. The van der Waals surface area contributed by atoms with E-state index in [1.165, 1.54) is 12.1 Å². The molecule has 2 aromatic rings. The third-order valence-corrected chi connectivity index (χ3v) is 3.14. The molecular formula is C14H11Cl2FO. The highest BCUT2D eigenvalue weighted by atomic mass is 35.5. The Balaban J connectivity index is 2.30. The van der Waals surface area contributed by atoms with Crippen molar-refractivity contribution in [3.63, 3.8) is 0 Å². The Kier molecular flexibility index (Phi) is 4.10. The second kappa shape index (κ2) is 5.59. The van der Waals surface area contributed by atoms with Gasteiger partial charge in [-0.3, -0.25) is 0 Å². The van der Waals surface area contributed by atoms with Crippen LogP contribution in [0.1, 0.15) is 11.1 Å². The van der Waals surface area contributed by atoms with E-state index in [0.717, 1.165) is 11.1 Å². The summed E-state index contributed by atoms with van der Waals surface area (Å²) in [6.07, 6.45) is 0. The second-order valence-corrected chi connectivity index (χ2v) is 4.59. The SMILES string of the molecule is Cc1ccc(CCl)cc1Oc1ccc(Cl)c(F)c1. The zero-order valence-corrected chi connectivity index (χ0v) is 11.2. The molecule has 18 heavy (non-hydrogen) atoms. The van der Waals surface area contributed by atoms with Crippen molar-refractivity contribution in [1.29, 1.82) is 0 Å². The van der Waals surface area contributed by atoms with E-state index in [0.29, 0.717) is 17.4 Å². The quantitative estimate of drug-likeness (QED) is 0.693. The Morgan fingerprint density at radius 2 is 1.94 bits per heavy atom. The molecule has 1 nitrogen and oxygen atoms in total. The lowest BCUT2D eigenvalue weighted by Gasteiger charge is -2.10. The number of hydrogen-bond acceptors (Lipinski definition) is 1. The average Bonchev–Trinajstić information content (AvgIpc) is 2.36. The van der Waals surface area contributed by atoms with E-state index >= 15 is 0 Å². The van der Waals surface area contributed by atoms with Gasteiger partial charge in [-0.1, -0.05) is 23.7 Å². The number of benzene rings is 2. The summed E-state index contributed by atoms with van der Waals surface area (Å²) in [6, 6.07) is 10.0. The van der Waals surface area contributed by atoms with Gasteiger partial charge in [0.1, 0.15) is 17.3 Å². The first-order chi connectivity index (χ1) is 8.60. The van der Waals surface area contributed by atoms with Crippen LogP contribution in [0.15, 0.2) is 36.4 Å². The molecule has 0 aromatic heterocycles. The topological polar surface area (TPSA) is 9.23 Å². The monoisotopic (exact) mass is 284 g/mol. The summed E-state index contributed by atoms with van der Waals surface area (Å²) in [6.45, 7) is 1.92. The molecule has 94 valence electrons. The van der Waals surface area contributed by atoms with E-state index < -0.39 is 5.82 Å². The molecule has 0 radical (unpaired) electrons. The van der Waals surface area contributed by atoms with E-state index in [4.69, 9.17) is 27.9 Å². The Bertz CT molecular complexity index is 570. The molecule has 2 rings (SSSR count). The maximum absolute atomic E-state index is 13.3. The van der Waals surface area contributed by atoms with Crippen molar-refractivity contribution in [3.05, 3.63) is 58.4 Å². The van der Waals surface area contributed by atoms with Gasteiger partial charge < -0.3 is 4.74 Å². The third kappa shape index (κ3) is 2.95. The van der Waals surface area contributed by atoms with Gasteiger partial charge in [-0.15, -0.1) is 11.6 Å². The zero-order valence-electron chi connectivity index (χ0n) is 9.71. The largest absolute Gasteiger partial charge is 0.457 e. The van der Waals surface area contributed by atoms with Gasteiger partial charge in [0.05, 0.1) is 5.02 Å². The number of rotatable bonds is 3. The molecule has 2 aromatic carbocycles. The van der Waals surface area contributed by atoms with Gasteiger partial charge in [0.25, 0.3) is 0 Å². The van der Waals surface area contributed by atoms with E-state index in [-0.39, 0.29) is 5.02 Å². The maximum Gasteiger partial charge on any atom is 0.145 e. The molecule has 0 saturated heterocycles. The van der Waals surface area contributed by atoms with Crippen LogP contribution in [0, 0.1) is 12.7 Å². The normalized spacial score (nSPS) is 10.4. The van der Waals surface area contributed by atoms with Crippen LogP contribution in [0.4, 0.5) is 4.39 Å². The summed E-state index contributed by atoms with van der Waals surface area (Å²) < 4.78 is 18.9. The van der Waals surface area contributed by atoms with Crippen LogP contribution in [-0.4, -0.2) is 0 Å². The summed E-state index contributed by atoms with van der Waals surface area (Å²) in [5.74, 6) is 0.980. The number of hydrogen-bond donors (Lipinski definition) is 0. The van der Waals surface area contributed by atoms with Crippen molar-refractivity contribution in [2.24, 2.45) is 0 Å². The van der Waals surface area contributed by atoms with Crippen molar-refractivity contribution in [2.75, 3.05) is 0 Å². The molecule has 0 atom stereocenters. The van der Waals surface area contributed by atoms with Crippen LogP contribution >= 0.6 is 23.2 Å². The summed E-state index contributed by atoms with van der Waals surface area (Å²) in [4.78, 5) is 0. The Morgan fingerprint density at radius 3 is 2.61 bits per heavy atom. The molecule has 0 aliphatic carbocycles. The highest BCUT2D eigenvalue weighted by molar-refractivity contribution is 6.30. The number of ether oxygens (including phenoxy) is 1. The standard InChI is InChI=1S/C14H11Cl2FO/c1-9-2-3-10(8-15)6-14(9)18-11-4-5-12(16)13(17)7-11/h2-7H,8H2,1H3.